The summed E-state index contributed by atoms with van der Waals surface area (Å²) in [4.78, 5) is 0. The van der Waals surface area contributed by atoms with Gasteiger partial charge in [-0.1, -0.05) is 54.1 Å². The Kier molecular flexibility index (Phi) is 3.20. The maximum Gasteiger partial charge on any atom is 0.169 e. The van der Waals surface area contributed by atoms with Crippen molar-refractivity contribution in [2.24, 2.45) is 7.05 Å². The van der Waals surface area contributed by atoms with Crippen LogP contribution in [0, 0.1) is 0 Å². The third-order valence-electron chi connectivity index (χ3n) is 3.19. The average molecular weight is 285 g/mol. The van der Waals surface area contributed by atoms with Crippen LogP contribution < -0.4 is 0 Å². The van der Waals surface area contributed by atoms with Crippen LogP contribution in [0.4, 0.5) is 0 Å². The van der Waals surface area contributed by atoms with E-state index in [0.717, 1.165) is 11.1 Å². The number of hydrogen-bond donors (Lipinski definition) is 1. The number of benzene rings is 2. The summed E-state index contributed by atoms with van der Waals surface area (Å²) < 4.78 is 1.69. The second-order valence-corrected chi connectivity index (χ2v) is 4.98. The number of halogens is 1. The van der Waals surface area contributed by atoms with Gasteiger partial charge in [-0.2, -0.15) is 5.10 Å². The first kappa shape index (κ1) is 12.8. The summed E-state index contributed by atoms with van der Waals surface area (Å²) in [6, 6.07) is 17.0. The molecule has 0 saturated heterocycles. The Bertz CT molecular complexity index is 733. The molecule has 0 aliphatic heterocycles. The minimum Gasteiger partial charge on any atom is -0.504 e. The van der Waals surface area contributed by atoms with E-state index >= 15 is 0 Å². The van der Waals surface area contributed by atoms with E-state index in [1.54, 1.807) is 16.8 Å². The van der Waals surface area contributed by atoms with Gasteiger partial charge in [-0.15, -0.1) is 0 Å². The smallest absolute Gasteiger partial charge is 0.169 e. The Morgan fingerprint density at radius 3 is 2.25 bits per heavy atom. The van der Waals surface area contributed by atoms with Crippen molar-refractivity contribution in [1.82, 2.24) is 9.78 Å². The van der Waals surface area contributed by atoms with Gasteiger partial charge in [0, 0.05) is 23.2 Å². The molecule has 0 amide bonds. The van der Waals surface area contributed by atoms with Crippen LogP contribution in [0.3, 0.4) is 0 Å². The van der Waals surface area contributed by atoms with Gasteiger partial charge in [0.25, 0.3) is 0 Å². The molecule has 0 aliphatic carbocycles. The summed E-state index contributed by atoms with van der Waals surface area (Å²) in [5, 5.41) is 15.5. The van der Waals surface area contributed by atoms with E-state index in [-0.39, 0.29) is 5.75 Å². The van der Waals surface area contributed by atoms with Crippen LogP contribution >= 0.6 is 11.6 Å². The van der Waals surface area contributed by atoms with Crippen molar-refractivity contribution in [3.05, 3.63) is 59.6 Å². The lowest BCUT2D eigenvalue weighted by atomic mass is 10.1. The summed E-state index contributed by atoms with van der Waals surface area (Å²) in [7, 11) is 1.82. The second-order valence-electron chi connectivity index (χ2n) is 4.54. The standard InChI is InChI=1S/C16H13ClN2O/c1-19-15(12-5-3-2-4-6-12)16(20)14(18-19)11-7-9-13(17)10-8-11/h2-10,20H,1H3. The van der Waals surface area contributed by atoms with Gasteiger partial charge < -0.3 is 5.11 Å². The van der Waals surface area contributed by atoms with Crippen LogP contribution in [0.1, 0.15) is 0 Å². The van der Waals surface area contributed by atoms with Crippen LogP contribution in [0.2, 0.25) is 5.02 Å². The summed E-state index contributed by atoms with van der Waals surface area (Å²) in [5.41, 5.74) is 3.03. The molecule has 100 valence electrons. The van der Waals surface area contributed by atoms with Gasteiger partial charge in [0.05, 0.1) is 0 Å². The summed E-state index contributed by atoms with van der Waals surface area (Å²) >= 11 is 5.88. The van der Waals surface area contributed by atoms with Crippen molar-refractivity contribution < 1.29 is 5.11 Å². The Labute approximate surface area is 122 Å². The van der Waals surface area contributed by atoms with E-state index in [0.29, 0.717) is 16.4 Å². The van der Waals surface area contributed by atoms with Crippen molar-refractivity contribution in [1.29, 1.82) is 0 Å². The van der Waals surface area contributed by atoms with Crippen molar-refractivity contribution in [3.63, 3.8) is 0 Å². The predicted octanol–water partition coefficient (Wildman–Crippen LogP) is 4.11. The lowest BCUT2D eigenvalue weighted by Crippen LogP contribution is -1.93. The number of aryl methyl sites for hydroxylation is 1. The van der Waals surface area contributed by atoms with Crippen molar-refractivity contribution in [3.8, 4) is 28.3 Å². The van der Waals surface area contributed by atoms with Gasteiger partial charge in [-0.05, 0) is 12.1 Å². The highest BCUT2D eigenvalue weighted by molar-refractivity contribution is 6.30. The molecule has 0 bridgehead atoms. The first-order chi connectivity index (χ1) is 9.66. The molecule has 1 aromatic heterocycles. The quantitative estimate of drug-likeness (QED) is 0.769. The molecule has 0 spiro atoms. The maximum absolute atomic E-state index is 10.5. The monoisotopic (exact) mass is 284 g/mol. The van der Waals surface area contributed by atoms with Crippen molar-refractivity contribution in [2.75, 3.05) is 0 Å². The normalized spacial score (nSPS) is 10.7. The number of aromatic hydroxyl groups is 1. The van der Waals surface area contributed by atoms with Crippen LogP contribution in [0.25, 0.3) is 22.5 Å². The molecule has 1 N–H and O–H groups in total. The molecule has 0 unspecified atom stereocenters. The maximum atomic E-state index is 10.5. The van der Waals surface area contributed by atoms with E-state index < -0.39 is 0 Å². The average Bonchev–Trinajstić information content (AvgIpc) is 2.76. The van der Waals surface area contributed by atoms with Crippen LogP contribution in [0.15, 0.2) is 54.6 Å². The Hall–Kier alpha value is -2.26. The first-order valence-corrected chi connectivity index (χ1v) is 6.62. The summed E-state index contributed by atoms with van der Waals surface area (Å²) in [6.45, 7) is 0. The minimum atomic E-state index is 0.182. The zero-order chi connectivity index (χ0) is 14.1. The molecular weight excluding hydrogens is 272 g/mol. The highest BCUT2D eigenvalue weighted by Gasteiger charge is 2.17. The van der Waals surface area contributed by atoms with Gasteiger partial charge in [-0.25, -0.2) is 0 Å². The number of hydrogen-bond acceptors (Lipinski definition) is 2. The van der Waals surface area contributed by atoms with E-state index in [1.165, 1.54) is 0 Å². The molecule has 0 saturated carbocycles. The van der Waals surface area contributed by atoms with Gasteiger partial charge in [0.15, 0.2) is 5.75 Å². The summed E-state index contributed by atoms with van der Waals surface area (Å²) in [6.07, 6.45) is 0. The fraction of sp³-hybridized carbons (Fsp3) is 0.0625. The highest BCUT2D eigenvalue weighted by atomic mass is 35.5. The highest BCUT2D eigenvalue weighted by Crippen LogP contribution is 2.37. The molecular formula is C16H13ClN2O. The molecule has 2 aromatic carbocycles. The zero-order valence-electron chi connectivity index (χ0n) is 10.9. The lowest BCUT2D eigenvalue weighted by Gasteiger charge is -2.02. The summed E-state index contributed by atoms with van der Waals surface area (Å²) in [5.74, 6) is 0.182. The first-order valence-electron chi connectivity index (χ1n) is 6.24. The molecule has 0 aliphatic rings. The molecule has 20 heavy (non-hydrogen) atoms. The van der Waals surface area contributed by atoms with Crippen molar-refractivity contribution >= 4 is 11.6 Å². The Morgan fingerprint density at radius 2 is 1.60 bits per heavy atom. The van der Waals surface area contributed by atoms with Crippen LogP contribution in [0.5, 0.6) is 5.75 Å². The van der Waals surface area contributed by atoms with E-state index in [1.807, 2.05) is 49.5 Å². The van der Waals surface area contributed by atoms with E-state index in [4.69, 9.17) is 11.6 Å². The molecule has 3 nitrogen and oxygen atoms in total. The van der Waals surface area contributed by atoms with E-state index in [2.05, 4.69) is 5.10 Å². The number of rotatable bonds is 2. The molecule has 0 fully saturated rings. The predicted molar refractivity (Wildman–Crippen MR) is 80.8 cm³/mol. The van der Waals surface area contributed by atoms with Gasteiger partial charge in [0.2, 0.25) is 0 Å². The second kappa shape index (κ2) is 5.02. The third kappa shape index (κ3) is 2.17. The minimum absolute atomic E-state index is 0.182. The van der Waals surface area contributed by atoms with Crippen molar-refractivity contribution in [2.45, 2.75) is 0 Å². The van der Waals surface area contributed by atoms with Crippen LogP contribution in [-0.4, -0.2) is 14.9 Å². The fourth-order valence-corrected chi connectivity index (χ4v) is 2.36. The van der Waals surface area contributed by atoms with E-state index in [9.17, 15) is 5.11 Å². The molecule has 3 aromatic rings. The third-order valence-corrected chi connectivity index (χ3v) is 3.44. The molecule has 4 heteroatoms. The fourth-order valence-electron chi connectivity index (χ4n) is 2.23. The number of nitrogens with zero attached hydrogens (tertiary/aromatic N) is 2. The van der Waals surface area contributed by atoms with Gasteiger partial charge >= 0.3 is 0 Å². The van der Waals surface area contributed by atoms with Gasteiger partial charge in [-0.3, -0.25) is 4.68 Å². The topological polar surface area (TPSA) is 38.0 Å². The number of aromatic nitrogens is 2. The molecule has 1 heterocycles. The molecule has 0 atom stereocenters. The molecule has 3 rings (SSSR count). The SMILES string of the molecule is Cn1nc(-c2ccc(Cl)cc2)c(O)c1-c1ccccc1. The molecule has 0 radical (unpaired) electrons. The lowest BCUT2D eigenvalue weighted by molar-refractivity contribution is 0.478. The Balaban J connectivity index is 2.14. The zero-order valence-corrected chi connectivity index (χ0v) is 11.7. The largest absolute Gasteiger partial charge is 0.504 e. The van der Waals surface area contributed by atoms with Gasteiger partial charge in [0.1, 0.15) is 11.4 Å². The Morgan fingerprint density at radius 1 is 0.950 bits per heavy atom. The van der Waals surface area contributed by atoms with Crippen LogP contribution in [-0.2, 0) is 7.05 Å².